The lowest BCUT2D eigenvalue weighted by molar-refractivity contribution is -0.114. The second kappa shape index (κ2) is 8.22. The molecular formula is C19H24N2O2. The normalized spacial score (nSPS) is 10.4. The SMILES string of the molecule is Cc1ccc(NCC(=O)Nc2cccc(OCC(C)C)c2)cc1. The summed E-state index contributed by atoms with van der Waals surface area (Å²) in [5.41, 5.74) is 2.86. The first-order chi connectivity index (χ1) is 11.0. The van der Waals surface area contributed by atoms with Gasteiger partial charge in [-0.1, -0.05) is 37.6 Å². The summed E-state index contributed by atoms with van der Waals surface area (Å²) in [4.78, 5) is 12.0. The van der Waals surface area contributed by atoms with Crippen LogP contribution in [0.15, 0.2) is 48.5 Å². The highest BCUT2D eigenvalue weighted by atomic mass is 16.5. The standard InChI is InChI=1S/C19H24N2O2/c1-14(2)13-23-18-6-4-5-17(11-18)21-19(22)12-20-16-9-7-15(3)8-10-16/h4-11,14,20H,12-13H2,1-3H3,(H,21,22). The molecule has 0 saturated carbocycles. The van der Waals surface area contributed by atoms with Gasteiger partial charge in [-0.3, -0.25) is 4.79 Å². The Morgan fingerprint density at radius 2 is 1.83 bits per heavy atom. The van der Waals surface area contributed by atoms with Gasteiger partial charge in [0.2, 0.25) is 5.91 Å². The van der Waals surface area contributed by atoms with Crippen molar-refractivity contribution < 1.29 is 9.53 Å². The smallest absolute Gasteiger partial charge is 0.243 e. The van der Waals surface area contributed by atoms with E-state index in [4.69, 9.17) is 4.74 Å². The number of carbonyl (C=O) groups is 1. The van der Waals surface area contributed by atoms with Gasteiger partial charge >= 0.3 is 0 Å². The second-order valence-corrected chi connectivity index (χ2v) is 6.00. The maximum absolute atomic E-state index is 12.0. The van der Waals surface area contributed by atoms with E-state index < -0.39 is 0 Å². The van der Waals surface area contributed by atoms with Gasteiger partial charge in [0.05, 0.1) is 13.2 Å². The Bertz CT molecular complexity index is 636. The molecule has 1 amide bonds. The molecule has 0 spiro atoms. The van der Waals surface area contributed by atoms with Crippen molar-refractivity contribution in [1.29, 1.82) is 0 Å². The minimum Gasteiger partial charge on any atom is -0.493 e. The predicted molar refractivity (Wildman–Crippen MR) is 95.1 cm³/mol. The highest BCUT2D eigenvalue weighted by Crippen LogP contribution is 2.18. The molecule has 2 aromatic carbocycles. The highest BCUT2D eigenvalue weighted by Gasteiger charge is 2.04. The Balaban J connectivity index is 1.84. The van der Waals surface area contributed by atoms with Crippen LogP contribution in [0.25, 0.3) is 0 Å². The van der Waals surface area contributed by atoms with Gasteiger partial charge in [-0.2, -0.15) is 0 Å². The van der Waals surface area contributed by atoms with Gasteiger partial charge in [-0.15, -0.1) is 0 Å². The third kappa shape index (κ3) is 6.02. The zero-order chi connectivity index (χ0) is 16.7. The highest BCUT2D eigenvalue weighted by molar-refractivity contribution is 5.93. The Hall–Kier alpha value is -2.49. The summed E-state index contributed by atoms with van der Waals surface area (Å²) in [5.74, 6) is 1.14. The number of ether oxygens (including phenoxy) is 1. The van der Waals surface area contributed by atoms with Crippen molar-refractivity contribution in [3.63, 3.8) is 0 Å². The maximum atomic E-state index is 12.0. The lowest BCUT2D eigenvalue weighted by atomic mass is 10.2. The van der Waals surface area contributed by atoms with Gasteiger partial charge < -0.3 is 15.4 Å². The molecule has 0 saturated heterocycles. The number of benzene rings is 2. The number of carbonyl (C=O) groups excluding carboxylic acids is 1. The molecule has 0 aromatic heterocycles. The van der Waals surface area contributed by atoms with Crippen LogP contribution in [0.2, 0.25) is 0 Å². The van der Waals surface area contributed by atoms with E-state index in [0.29, 0.717) is 12.5 Å². The Morgan fingerprint density at radius 1 is 1.09 bits per heavy atom. The summed E-state index contributed by atoms with van der Waals surface area (Å²) < 4.78 is 5.66. The monoisotopic (exact) mass is 312 g/mol. The summed E-state index contributed by atoms with van der Waals surface area (Å²) in [6, 6.07) is 15.4. The van der Waals surface area contributed by atoms with Crippen LogP contribution in [-0.4, -0.2) is 19.1 Å². The van der Waals surface area contributed by atoms with E-state index in [1.807, 2.05) is 55.5 Å². The molecule has 122 valence electrons. The number of aryl methyl sites for hydroxylation is 1. The fraction of sp³-hybridized carbons (Fsp3) is 0.316. The van der Waals surface area contributed by atoms with Crippen LogP contribution < -0.4 is 15.4 Å². The molecule has 0 aliphatic heterocycles. The number of nitrogens with one attached hydrogen (secondary N) is 2. The lowest BCUT2D eigenvalue weighted by Crippen LogP contribution is -2.21. The molecule has 4 heteroatoms. The van der Waals surface area contributed by atoms with Gasteiger partial charge in [-0.25, -0.2) is 0 Å². The van der Waals surface area contributed by atoms with E-state index in [1.54, 1.807) is 0 Å². The van der Waals surface area contributed by atoms with E-state index in [0.717, 1.165) is 17.1 Å². The fourth-order valence-electron chi connectivity index (χ4n) is 1.99. The number of anilines is 2. The van der Waals surface area contributed by atoms with Crippen molar-refractivity contribution in [3.05, 3.63) is 54.1 Å². The molecule has 0 bridgehead atoms. The van der Waals surface area contributed by atoms with Crippen molar-refractivity contribution in [3.8, 4) is 5.75 Å². The van der Waals surface area contributed by atoms with E-state index in [1.165, 1.54) is 5.56 Å². The van der Waals surface area contributed by atoms with E-state index in [-0.39, 0.29) is 12.5 Å². The van der Waals surface area contributed by atoms with Crippen LogP contribution in [0.3, 0.4) is 0 Å². The molecule has 0 fully saturated rings. The van der Waals surface area contributed by atoms with Crippen LogP contribution >= 0.6 is 0 Å². The largest absolute Gasteiger partial charge is 0.493 e. The van der Waals surface area contributed by atoms with Crippen LogP contribution in [0.5, 0.6) is 5.75 Å². The van der Waals surface area contributed by atoms with Gasteiger partial charge in [0, 0.05) is 17.4 Å². The van der Waals surface area contributed by atoms with Gasteiger partial charge in [0.25, 0.3) is 0 Å². The lowest BCUT2D eigenvalue weighted by Gasteiger charge is -2.11. The molecule has 23 heavy (non-hydrogen) atoms. The summed E-state index contributed by atoms with van der Waals surface area (Å²) in [6.45, 7) is 7.11. The number of rotatable bonds is 7. The first kappa shape index (κ1) is 16.9. The summed E-state index contributed by atoms with van der Waals surface area (Å²) in [7, 11) is 0. The predicted octanol–water partition coefficient (Wildman–Crippen LogP) is 4.08. The Labute approximate surface area is 137 Å². The molecule has 2 N–H and O–H groups in total. The zero-order valence-electron chi connectivity index (χ0n) is 13.9. The average Bonchev–Trinajstić information content (AvgIpc) is 2.53. The molecule has 0 heterocycles. The van der Waals surface area contributed by atoms with E-state index in [2.05, 4.69) is 24.5 Å². The van der Waals surface area contributed by atoms with Crippen LogP contribution in [0.1, 0.15) is 19.4 Å². The van der Waals surface area contributed by atoms with Crippen molar-refractivity contribution in [2.75, 3.05) is 23.8 Å². The van der Waals surface area contributed by atoms with Crippen molar-refractivity contribution in [2.45, 2.75) is 20.8 Å². The third-order valence-electron chi connectivity index (χ3n) is 3.21. The van der Waals surface area contributed by atoms with Gasteiger partial charge in [0.15, 0.2) is 0 Å². The zero-order valence-corrected chi connectivity index (χ0v) is 13.9. The van der Waals surface area contributed by atoms with Crippen molar-refractivity contribution >= 4 is 17.3 Å². The van der Waals surface area contributed by atoms with E-state index >= 15 is 0 Å². The quantitative estimate of drug-likeness (QED) is 0.810. The maximum Gasteiger partial charge on any atom is 0.243 e. The summed E-state index contributed by atoms with van der Waals surface area (Å²) in [5, 5.41) is 5.97. The Morgan fingerprint density at radius 3 is 2.52 bits per heavy atom. The molecule has 4 nitrogen and oxygen atoms in total. The van der Waals surface area contributed by atoms with Gasteiger partial charge in [0.1, 0.15) is 5.75 Å². The fourth-order valence-corrected chi connectivity index (χ4v) is 1.99. The molecule has 0 aliphatic rings. The molecule has 2 aromatic rings. The number of amides is 1. The molecule has 0 atom stereocenters. The number of hydrogen-bond acceptors (Lipinski definition) is 3. The number of hydrogen-bond donors (Lipinski definition) is 2. The van der Waals surface area contributed by atoms with Crippen molar-refractivity contribution in [1.82, 2.24) is 0 Å². The van der Waals surface area contributed by atoms with Crippen molar-refractivity contribution in [2.24, 2.45) is 5.92 Å². The van der Waals surface area contributed by atoms with Gasteiger partial charge in [-0.05, 0) is 37.1 Å². The average molecular weight is 312 g/mol. The minimum absolute atomic E-state index is 0.0911. The van der Waals surface area contributed by atoms with Crippen LogP contribution in [0, 0.1) is 12.8 Å². The second-order valence-electron chi connectivity index (χ2n) is 6.00. The Kier molecular flexibility index (Phi) is 6.03. The first-order valence-corrected chi connectivity index (χ1v) is 7.86. The van der Waals surface area contributed by atoms with E-state index in [9.17, 15) is 4.79 Å². The molecular weight excluding hydrogens is 288 g/mol. The summed E-state index contributed by atoms with van der Waals surface area (Å²) >= 11 is 0. The first-order valence-electron chi connectivity index (χ1n) is 7.86. The van der Waals surface area contributed by atoms with Crippen LogP contribution in [-0.2, 0) is 4.79 Å². The molecule has 0 radical (unpaired) electrons. The summed E-state index contributed by atoms with van der Waals surface area (Å²) in [6.07, 6.45) is 0. The topological polar surface area (TPSA) is 50.4 Å². The molecule has 0 unspecified atom stereocenters. The minimum atomic E-state index is -0.0911. The third-order valence-corrected chi connectivity index (χ3v) is 3.21. The molecule has 0 aliphatic carbocycles. The molecule has 2 rings (SSSR count). The van der Waals surface area contributed by atoms with Crippen LogP contribution in [0.4, 0.5) is 11.4 Å².